The van der Waals surface area contributed by atoms with Crippen molar-refractivity contribution in [2.24, 2.45) is 0 Å². The lowest BCUT2D eigenvalue weighted by molar-refractivity contribution is -0.144. The zero-order valence-electron chi connectivity index (χ0n) is 44.0. The maximum Gasteiger partial charge on any atom is 0.416 e. The summed E-state index contributed by atoms with van der Waals surface area (Å²) in [6.45, 7) is 0. The SMILES string of the molecule is N#Cc1ccc(-n2c3ccccc3c3cc(-c4cc(C(F)(F)F)cc(C(F)(F)F)c4)ccc32)c(-c2cccc(-c3nc(-c4ccccc4)nc(-c4ccccc4)n3)c2-n2c3ccccc3c3cc(-c4cc(C(F)(F)F)cc(C(F)(F)F)c4)ccc32)c1. The molecule has 422 valence electrons. The number of benzene rings is 10. The first-order valence-corrected chi connectivity index (χ1v) is 26.3. The number of aromatic nitrogens is 5. The first-order valence-electron chi connectivity index (χ1n) is 26.3. The third kappa shape index (κ3) is 9.79. The van der Waals surface area contributed by atoms with E-state index >= 15 is 0 Å². The largest absolute Gasteiger partial charge is 0.416 e. The van der Waals surface area contributed by atoms with Crippen molar-refractivity contribution in [3.05, 3.63) is 246 Å². The highest BCUT2D eigenvalue weighted by molar-refractivity contribution is 6.13. The van der Waals surface area contributed by atoms with E-state index in [2.05, 4.69) is 6.07 Å². The summed E-state index contributed by atoms with van der Waals surface area (Å²) in [6.07, 6.45) is -20.4. The summed E-state index contributed by atoms with van der Waals surface area (Å²) in [7, 11) is 0. The normalized spacial score (nSPS) is 12.4. The van der Waals surface area contributed by atoms with Gasteiger partial charge in [-0.1, -0.05) is 121 Å². The standard InChI is InChI=1S/C68H36F12N6/c69-65(70,71)45-29-43(30-46(35-45)66(72,73)74)41-23-26-59-54(33-41)49-16-7-9-20-56(49)85(59)58-25-22-38(37-81)28-53(58)51-18-11-19-52(64-83-62(39-12-3-1-4-13-39)82-63(84-64)40-14-5-2-6-15-40)61(51)86-57-21-10-8-17-50(57)55-34-42(24-27-60(55)86)44-31-47(67(75,76)77)36-48(32-44)68(78,79)80/h1-36H. The maximum absolute atomic E-state index is 14.3. The first-order chi connectivity index (χ1) is 41.1. The van der Waals surface area contributed by atoms with E-state index in [1.165, 1.54) is 24.3 Å². The average molecular weight is 1170 g/mol. The van der Waals surface area contributed by atoms with E-state index in [1.807, 2.05) is 75.9 Å². The van der Waals surface area contributed by atoms with Crippen LogP contribution in [0.4, 0.5) is 52.7 Å². The first kappa shape index (κ1) is 54.7. The van der Waals surface area contributed by atoms with E-state index in [9.17, 15) is 57.9 Å². The van der Waals surface area contributed by atoms with E-state index in [-0.39, 0.29) is 45.8 Å². The Labute approximate surface area is 479 Å². The second-order valence-electron chi connectivity index (χ2n) is 20.3. The minimum atomic E-state index is -5.12. The summed E-state index contributed by atoms with van der Waals surface area (Å²) < 4.78 is 175. The Morgan fingerprint density at radius 2 is 0.709 bits per heavy atom. The van der Waals surface area contributed by atoms with Crippen LogP contribution in [0.15, 0.2) is 218 Å². The molecular formula is C68H36F12N6. The summed E-state index contributed by atoms with van der Waals surface area (Å²) in [4.78, 5) is 15.2. The fraction of sp³-hybridized carbons (Fsp3) is 0.0588. The van der Waals surface area contributed by atoms with Gasteiger partial charge in [-0.05, 0) is 119 Å². The number of nitriles is 1. The number of alkyl halides is 12. The molecule has 0 aliphatic carbocycles. The summed E-state index contributed by atoms with van der Waals surface area (Å²) >= 11 is 0. The molecule has 6 nitrogen and oxygen atoms in total. The van der Waals surface area contributed by atoms with Crippen LogP contribution in [0, 0.1) is 11.3 Å². The number of hydrogen-bond acceptors (Lipinski definition) is 4. The van der Waals surface area contributed by atoms with Crippen molar-refractivity contribution in [2.75, 3.05) is 0 Å². The predicted octanol–water partition coefficient (Wildman–Crippen LogP) is 20.0. The Hall–Kier alpha value is -10.5. The van der Waals surface area contributed by atoms with Gasteiger partial charge in [0.05, 0.1) is 67.3 Å². The fourth-order valence-corrected chi connectivity index (χ4v) is 11.2. The van der Waals surface area contributed by atoms with E-state index in [1.54, 1.807) is 91.0 Å². The zero-order chi connectivity index (χ0) is 60.0. The molecule has 13 aromatic rings. The van der Waals surface area contributed by atoms with Crippen molar-refractivity contribution < 1.29 is 52.7 Å². The summed E-state index contributed by atoms with van der Waals surface area (Å²) in [5.74, 6) is 0.772. The third-order valence-corrected chi connectivity index (χ3v) is 15.0. The zero-order valence-corrected chi connectivity index (χ0v) is 44.0. The van der Waals surface area contributed by atoms with Gasteiger partial charge in [0, 0.05) is 49.4 Å². The molecule has 0 atom stereocenters. The third-order valence-electron chi connectivity index (χ3n) is 15.0. The lowest BCUT2D eigenvalue weighted by Gasteiger charge is -2.21. The Bertz CT molecular complexity index is 4770. The van der Waals surface area contributed by atoms with Gasteiger partial charge in [0.15, 0.2) is 17.5 Å². The smallest absolute Gasteiger partial charge is 0.309 e. The molecule has 3 aromatic heterocycles. The Morgan fingerprint density at radius 1 is 0.302 bits per heavy atom. The van der Waals surface area contributed by atoms with Crippen molar-refractivity contribution >= 4 is 43.6 Å². The summed E-state index contributed by atoms with van der Waals surface area (Å²) in [6, 6.07) is 57.1. The average Bonchev–Trinajstić information content (AvgIpc) is 1.60. The number of rotatable bonds is 8. The van der Waals surface area contributed by atoms with Crippen LogP contribution in [-0.4, -0.2) is 24.1 Å². The predicted molar refractivity (Wildman–Crippen MR) is 306 cm³/mol. The minimum absolute atomic E-state index is 0.0513. The molecule has 10 aromatic carbocycles. The van der Waals surface area contributed by atoms with Gasteiger partial charge >= 0.3 is 24.7 Å². The molecule has 0 spiro atoms. The maximum atomic E-state index is 14.3. The van der Waals surface area contributed by atoms with Crippen LogP contribution in [0.25, 0.3) is 123 Å². The highest BCUT2D eigenvalue weighted by Crippen LogP contribution is 2.47. The topological polar surface area (TPSA) is 72.3 Å². The van der Waals surface area contributed by atoms with Crippen LogP contribution in [0.2, 0.25) is 0 Å². The minimum Gasteiger partial charge on any atom is -0.309 e. The molecule has 0 N–H and O–H groups in total. The molecule has 0 aliphatic heterocycles. The molecule has 0 fully saturated rings. The van der Waals surface area contributed by atoms with E-state index in [0.29, 0.717) is 119 Å². The molecule has 0 bridgehead atoms. The second-order valence-corrected chi connectivity index (χ2v) is 20.3. The van der Waals surface area contributed by atoms with Crippen molar-refractivity contribution in [1.29, 1.82) is 5.26 Å². The molecule has 13 rings (SSSR count). The van der Waals surface area contributed by atoms with Crippen molar-refractivity contribution in [3.63, 3.8) is 0 Å². The number of fused-ring (bicyclic) bond motifs is 6. The molecule has 0 unspecified atom stereocenters. The molecule has 0 aliphatic rings. The van der Waals surface area contributed by atoms with E-state index in [0.717, 1.165) is 0 Å². The molecule has 0 amide bonds. The van der Waals surface area contributed by atoms with Gasteiger partial charge in [-0.25, -0.2) is 15.0 Å². The van der Waals surface area contributed by atoms with Gasteiger partial charge < -0.3 is 9.13 Å². The molecule has 0 saturated carbocycles. The monoisotopic (exact) mass is 1160 g/mol. The summed E-state index contributed by atoms with van der Waals surface area (Å²) in [5.41, 5.74) is -0.834. The van der Waals surface area contributed by atoms with Crippen LogP contribution in [0.5, 0.6) is 0 Å². The van der Waals surface area contributed by atoms with Crippen molar-refractivity contribution in [2.45, 2.75) is 24.7 Å². The van der Waals surface area contributed by atoms with Crippen LogP contribution >= 0.6 is 0 Å². The van der Waals surface area contributed by atoms with Crippen molar-refractivity contribution in [3.8, 4) is 85.0 Å². The summed E-state index contributed by atoms with van der Waals surface area (Å²) in [5, 5.41) is 12.7. The van der Waals surface area contributed by atoms with Crippen LogP contribution in [0.3, 0.4) is 0 Å². The molecule has 18 heteroatoms. The highest BCUT2D eigenvalue weighted by Gasteiger charge is 2.39. The molecular weight excluding hydrogens is 1130 g/mol. The lowest BCUT2D eigenvalue weighted by Crippen LogP contribution is -2.11. The van der Waals surface area contributed by atoms with Gasteiger partial charge in [-0.2, -0.15) is 57.9 Å². The molecule has 0 saturated heterocycles. The van der Waals surface area contributed by atoms with Gasteiger partial charge in [0.25, 0.3) is 0 Å². The van der Waals surface area contributed by atoms with Crippen LogP contribution < -0.4 is 0 Å². The second kappa shape index (κ2) is 20.4. The number of halogens is 12. The van der Waals surface area contributed by atoms with E-state index < -0.39 is 47.0 Å². The van der Waals surface area contributed by atoms with Gasteiger partial charge in [-0.15, -0.1) is 0 Å². The Balaban J connectivity index is 1.11. The fourth-order valence-electron chi connectivity index (χ4n) is 11.2. The van der Waals surface area contributed by atoms with Crippen LogP contribution in [0.1, 0.15) is 27.8 Å². The Kier molecular flexibility index (Phi) is 13.0. The van der Waals surface area contributed by atoms with Crippen molar-refractivity contribution in [1.82, 2.24) is 24.1 Å². The van der Waals surface area contributed by atoms with Gasteiger partial charge in [0.2, 0.25) is 0 Å². The van der Waals surface area contributed by atoms with Gasteiger partial charge in [0.1, 0.15) is 0 Å². The van der Waals surface area contributed by atoms with Crippen LogP contribution in [-0.2, 0) is 24.7 Å². The number of para-hydroxylation sites is 3. The lowest BCUT2D eigenvalue weighted by atomic mass is 9.95. The molecule has 86 heavy (non-hydrogen) atoms. The Morgan fingerprint density at radius 3 is 1.17 bits per heavy atom. The number of nitrogens with zero attached hydrogens (tertiary/aromatic N) is 6. The van der Waals surface area contributed by atoms with Gasteiger partial charge in [-0.3, -0.25) is 0 Å². The number of hydrogen-bond donors (Lipinski definition) is 0. The van der Waals surface area contributed by atoms with E-state index in [4.69, 9.17) is 15.0 Å². The molecule has 0 radical (unpaired) electrons. The quantitative estimate of drug-likeness (QED) is 0.142. The highest BCUT2D eigenvalue weighted by atomic mass is 19.4. The molecule has 3 heterocycles.